The van der Waals surface area contributed by atoms with Crippen LogP contribution in [0.3, 0.4) is 0 Å². The SMILES string of the molecule is Nc1nc(C=O)nc2c1CCS(=O)(=O)C2. The number of sulfone groups is 1. The lowest BCUT2D eigenvalue weighted by molar-refractivity contribution is 0.111. The van der Waals surface area contributed by atoms with Gasteiger partial charge in [-0.1, -0.05) is 0 Å². The molecule has 0 aliphatic carbocycles. The van der Waals surface area contributed by atoms with Crippen LogP contribution in [0.5, 0.6) is 0 Å². The molecule has 0 spiro atoms. The second-order valence-corrected chi connectivity index (χ2v) is 5.54. The largest absolute Gasteiger partial charge is 0.383 e. The van der Waals surface area contributed by atoms with E-state index in [1.807, 2.05) is 0 Å². The summed E-state index contributed by atoms with van der Waals surface area (Å²) in [5, 5.41) is 0. The summed E-state index contributed by atoms with van der Waals surface area (Å²) in [5.41, 5.74) is 6.61. The fourth-order valence-corrected chi connectivity index (χ4v) is 2.87. The summed E-state index contributed by atoms with van der Waals surface area (Å²) in [7, 11) is -3.10. The fourth-order valence-electron chi connectivity index (χ4n) is 1.55. The molecule has 80 valence electrons. The van der Waals surface area contributed by atoms with Gasteiger partial charge in [-0.3, -0.25) is 4.79 Å². The van der Waals surface area contributed by atoms with Gasteiger partial charge in [-0.25, -0.2) is 18.4 Å². The molecule has 1 aromatic heterocycles. The Morgan fingerprint density at radius 3 is 2.73 bits per heavy atom. The smallest absolute Gasteiger partial charge is 0.194 e. The van der Waals surface area contributed by atoms with Gasteiger partial charge >= 0.3 is 0 Å². The van der Waals surface area contributed by atoms with Crippen LogP contribution < -0.4 is 5.73 Å². The van der Waals surface area contributed by atoms with Gasteiger partial charge < -0.3 is 5.73 Å². The van der Waals surface area contributed by atoms with E-state index >= 15 is 0 Å². The van der Waals surface area contributed by atoms with Gasteiger partial charge in [0, 0.05) is 5.56 Å². The highest BCUT2D eigenvalue weighted by Crippen LogP contribution is 2.22. The Hall–Kier alpha value is -1.50. The van der Waals surface area contributed by atoms with Crippen LogP contribution in [-0.2, 0) is 22.0 Å². The van der Waals surface area contributed by atoms with E-state index in [1.165, 1.54) is 0 Å². The first kappa shape index (κ1) is 10.0. The zero-order valence-corrected chi connectivity index (χ0v) is 8.62. The first-order valence-corrected chi connectivity index (χ1v) is 6.15. The maximum Gasteiger partial charge on any atom is 0.194 e. The number of carbonyl (C=O) groups is 1. The Morgan fingerprint density at radius 2 is 2.07 bits per heavy atom. The van der Waals surface area contributed by atoms with Crippen molar-refractivity contribution in [3.63, 3.8) is 0 Å². The number of nitrogens with two attached hydrogens (primary N) is 1. The van der Waals surface area contributed by atoms with Crippen molar-refractivity contribution in [1.82, 2.24) is 9.97 Å². The normalized spacial score (nSPS) is 18.1. The molecule has 1 aliphatic heterocycles. The van der Waals surface area contributed by atoms with E-state index in [-0.39, 0.29) is 23.1 Å². The Balaban J connectivity index is 2.58. The zero-order valence-electron chi connectivity index (χ0n) is 7.80. The predicted molar refractivity (Wildman–Crippen MR) is 53.0 cm³/mol. The fraction of sp³-hybridized carbons (Fsp3) is 0.375. The van der Waals surface area contributed by atoms with Crippen LogP contribution in [0.15, 0.2) is 0 Å². The molecular weight excluding hydrogens is 218 g/mol. The monoisotopic (exact) mass is 227 g/mol. The third kappa shape index (κ3) is 1.82. The number of hydrogen-bond donors (Lipinski definition) is 1. The molecule has 6 nitrogen and oxygen atoms in total. The molecule has 0 fully saturated rings. The molecule has 0 saturated carbocycles. The summed E-state index contributed by atoms with van der Waals surface area (Å²) in [4.78, 5) is 18.1. The summed E-state index contributed by atoms with van der Waals surface area (Å²) >= 11 is 0. The molecule has 0 atom stereocenters. The van der Waals surface area contributed by atoms with E-state index in [0.29, 0.717) is 24.0 Å². The minimum atomic E-state index is -3.10. The maximum absolute atomic E-state index is 11.3. The quantitative estimate of drug-likeness (QED) is 0.639. The zero-order chi connectivity index (χ0) is 11.1. The van der Waals surface area contributed by atoms with E-state index in [2.05, 4.69) is 9.97 Å². The minimum absolute atomic E-state index is 0.0635. The van der Waals surface area contributed by atoms with Crippen LogP contribution in [0.2, 0.25) is 0 Å². The number of hydrogen-bond acceptors (Lipinski definition) is 6. The second kappa shape index (κ2) is 3.27. The van der Waals surface area contributed by atoms with Gasteiger partial charge in [0.15, 0.2) is 21.9 Å². The molecule has 0 amide bonds. The van der Waals surface area contributed by atoms with Gasteiger partial charge in [0.1, 0.15) is 5.82 Å². The number of anilines is 1. The summed E-state index contributed by atoms with van der Waals surface area (Å²) in [6.45, 7) is 0. The van der Waals surface area contributed by atoms with E-state index < -0.39 is 9.84 Å². The van der Waals surface area contributed by atoms with Gasteiger partial charge in [-0.05, 0) is 6.42 Å². The lowest BCUT2D eigenvalue weighted by Gasteiger charge is -2.16. The lowest BCUT2D eigenvalue weighted by atomic mass is 10.1. The van der Waals surface area contributed by atoms with Crippen LogP contribution >= 0.6 is 0 Å². The van der Waals surface area contributed by atoms with Crippen molar-refractivity contribution in [3.8, 4) is 0 Å². The minimum Gasteiger partial charge on any atom is -0.383 e. The van der Waals surface area contributed by atoms with E-state index in [9.17, 15) is 13.2 Å². The van der Waals surface area contributed by atoms with Gasteiger partial charge in [-0.15, -0.1) is 0 Å². The van der Waals surface area contributed by atoms with Crippen molar-refractivity contribution in [2.75, 3.05) is 11.5 Å². The molecule has 1 aliphatic rings. The van der Waals surface area contributed by atoms with Crippen molar-refractivity contribution in [2.24, 2.45) is 0 Å². The van der Waals surface area contributed by atoms with Crippen LogP contribution in [0.1, 0.15) is 21.9 Å². The van der Waals surface area contributed by atoms with Crippen LogP contribution in [0.25, 0.3) is 0 Å². The van der Waals surface area contributed by atoms with E-state index in [4.69, 9.17) is 5.73 Å². The molecule has 0 saturated heterocycles. The van der Waals surface area contributed by atoms with E-state index in [0.717, 1.165) is 0 Å². The number of aldehydes is 1. The number of aromatic nitrogens is 2. The lowest BCUT2D eigenvalue weighted by Crippen LogP contribution is -2.23. The summed E-state index contributed by atoms with van der Waals surface area (Å²) < 4.78 is 22.7. The third-order valence-corrected chi connectivity index (χ3v) is 3.81. The topological polar surface area (TPSA) is 103 Å². The van der Waals surface area contributed by atoms with Gasteiger partial charge in [0.05, 0.1) is 17.2 Å². The number of nitrogens with zero attached hydrogens (tertiary/aromatic N) is 2. The summed E-state index contributed by atoms with van der Waals surface area (Å²) in [6, 6.07) is 0. The maximum atomic E-state index is 11.3. The van der Waals surface area contributed by atoms with Crippen molar-refractivity contribution in [3.05, 3.63) is 17.1 Å². The molecule has 15 heavy (non-hydrogen) atoms. The number of fused-ring (bicyclic) bond motifs is 1. The Labute approximate surface area is 86.5 Å². The number of rotatable bonds is 1. The van der Waals surface area contributed by atoms with Gasteiger partial charge in [0.2, 0.25) is 0 Å². The van der Waals surface area contributed by atoms with Crippen LogP contribution in [0, 0.1) is 0 Å². The molecule has 2 heterocycles. The molecule has 0 unspecified atom stereocenters. The molecule has 7 heteroatoms. The molecule has 0 radical (unpaired) electrons. The standard InChI is InChI=1S/C8H9N3O3S/c9-8-5-1-2-15(13,14)4-6(5)10-7(3-12)11-8/h3H,1-2,4H2,(H2,9,10,11). The van der Waals surface area contributed by atoms with Crippen molar-refractivity contribution in [2.45, 2.75) is 12.2 Å². The predicted octanol–water partition coefficient (Wildman–Crippen LogP) is -0.658. The molecular formula is C8H9N3O3S. The molecule has 0 aromatic carbocycles. The molecule has 1 aromatic rings. The highest BCUT2D eigenvalue weighted by atomic mass is 32.2. The third-order valence-electron chi connectivity index (χ3n) is 2.27. The average Bonchev–Trinajstić information content (AvgIpc) is 2.15. The number of nitrogen functional groups attached to an aromatic ring is 1. The first-order chi connectivity index (χ1) is 7.02. The van der Waals surface area contributed by atoms with Crippen molar-refractivity contribution < 1.29 is 13.2 Å². The molecule has 0 bridgehead atoms. The van der Waals surface area contributed by atoms with Crippen molar-refractivity contribution >= 4 is 21.9 Å². The first-order valence-electron chi connectivity index (χ1n) is 4.33. The highest BCUT2D eigenvalue weighted by Gasteiger charge is 2.25. The Bertz CT molecular complexity index is 524. The van der Waals surface area contributed by atoms with Gasteiger partial charge in [-0.2, -0.15) is 0 Å². The summed E-state index contributed by atoms with van der Waals surface area (Å²) in [5.74, 6) is 0.0458. The number of carbonyl (C=O) groups excluding carboxylic acids is 1. The highest BCUT2D eigenvalue weighted by molar-refractivity contribution is 7.90. The Morgan fingerprint density at radius 1 is 1.33 bits per heavy atom. The van der Waals surface area contributed by atoms with E-state index in [1.54, 1.807) is 0 Å². The second-order valence-electron chi connectivity index (χ2n) is 3.35. The van der Waals surface area contributed by atoms with Crippen molar-refractivity contribution in [1.29, 1.82) is 0 Å². The molecule has 2 N–H and O–H groups in total. The Kier molecular flexibility index (Phi) is 2.18. The van der Waals surface area contributed by atoms with Gasteiger partial charge in [0.25, 0.3) is 0 Å². The van der Waals surface area contributed by atoms with Crippen LogP contribution in [-0.4, -0.2) is 30.4 Å². The summed E-state index contributed by atoms with van der Waals surface area (Å²) in [6.07, 6.45) is 0.778. The van der Waals surface area contributed by atoms with Crippen LogP contribution in [0.4, 0.5) is 5.82 Å². The average molecular weight is 227 g/mol. The molecule has 2 rings (SSSR count).